The summed E-state index contributed by atoms with van der Waals surface area (Å²) in [7, 11) is 0. The number of fused-ring (bicyclic) bond motifs is 3. The molecule has 0 bridgehead atoms. The number of benzene rings is 2. The predicted octanol–water partition coefficient (Wildman–Crippen LogP) is 3.72. The minimum atomic E-state index is -0.361. The Morgan fingerprint density at radius 1 is 1.18 bits per heavy atom. The molecule has 0 spiro atoms. The molecule has 0 fully saturated rings. The summed E-state index contributed by atoms with van der Waals surface area (Å²) >= 11 is 0. The van der Waals surface area contributed by atoms with Crippen LogP contribution >= 0.6 is 0 Å². The average molecular weight is 375 g/mol. The fourth-order valence-electron chi connectivity index (χ4n) is 3.34. The van der Waals surface area contributed by atoms with E-state index in [4.69, 9.17) is 4.42 Å². The van der Waals surface area contributed by atoms with E-state index in [2.05, 4.69) is 10.3 Å². The number of carbonyl (C=O) groups excluding carboxylic acids is 1. The van der Waals surface area contributed by atoms with Crippen LogP contribution in [0.5, 0.6) is 0 Å². The van der Waals surface area contributed by atoms with Gasteiger partial charge in [-0.15, -0.1) is 0 Å². The lowest BCUT2D eigenvalue weighted by molar-refractivity contribution is -0.122. The van der Waals surface area contributed by atoms with Gasteiger partial charge < -0.3 is 9.73 Å². The van der Waals surface area contributed by atoms with Crippen LogP contribution in [0.3, 0.4) is 0 Å². The maximum absolute atomic E-state index is 12.7. The van der Waals surface area contributed by atoms with Crippen molar-refractivity contribution in [2.24, 2.45) is 0 Å². The Hall–Kier alpha value is -3.41. The van der Waals surface area contributed by atoms with Crippen LogP contribution in [0.25, 0.3) is 22.1 Å². The van der Waals surface area contributed by atoms with Gasteiger partial charge in [-0.1, -0.05) is 48.9 Å². The van der Waals surface area contributed by atoms with Crippen molar-refractivity contribution in [3.05, 3.63) is 76.3 Å². The molecule has 2 heterocycles. The van der Waals surface area contributed by atoms with Crippen LogP contribution in [0, 0.1) is 6.92 Å². The van der Waals surface area contributed by atoms with E-state index in [-0.39, 0.29) is 29.6 Å². The fourth-order valence-corrected chi connectivity index (χ4v) is 3.34. The van der Waals surface area contributed by atoms with Crippen molar-refractivity contribution >= 4 is 28.0 Å². The third kappa shape index (κ3) is 3.29. The van der Waals surface area contributed by atoms with E-state index in [0.717, 1.165) is 17.4 Å². The maximum Gasteiger partial charge on any atom is 0.297 e. The first-order valence-corrected chi connectivity index (χ1v) is 9.29. The quantitative estimate of drug-likeness (QED) is 0.577. The Labute approximate surface area is 161 Å². The van der Waals surface area contributed by atoms with Crippen molar-refractivity contribution in [3.8, 4) is 0 Å². The van der Waals surface area contributed by atoms with Gasteiger partial charge in [0.05, 0.1) is 12.4 Å². The van der Waals surface area contributed by atoms with E-state index < -0.39 is 0 Å². The molecule has 1 atom stereocenters. The second-order valence-electron chi connectivity index (χ2n) is 6.89. The van der Waals surface area contributed by atoms with Gasteiger partial charge >= 0.3 is 0 Å². The molecule has 1 amide bonds. The number of aryl methyl sites for hydroxylation is 1. The summed E-state index contributed by atoms with van der Waals surface area (Å²) in [5.74, 6) is -0.244. The van der Waals surface area contributed by atoms with Gasteiger partial charge in [-0.3, -0.25) is 14.2 Å². The van der Waals surface area contributed by atoms with Crippen LogP contribution < -0.4 is 10.9 Å². The maximum atomic E-state index is 12.7. The van der Waals surface area contributed by atoms with Gasteiger partial charge in [-0.25, -0.2) is 4.98 Å². The van der Waals surface area contributed by atoms with E-state index in [1.54, 1.807) is 6.07 Å². The van der Waals surface area contributed by atoms with E-state index in [9.17, 15) is 9.59 Å². The first kappa shape index (κ1) is 18.0. The van der Waals surface area contributed by atoms with Crippen LogP contribution in [0.4, 0.5) is 0 Å². The molecule has 1 N–H and O–H groups in total. The monoisotopic (exact) mass is 375 g/mol. The molecule has 0 aliphatic heterocycles. The topological polar surface area (TPSA) is 77.1 Å². The summed E-state index contributed by atoms with van der Waals surface area (Å²) in [4.78, 5) is 29.6. The highest BCUT2D eigenvalue weighted by Gasteiger charge is 2.16. The summed E-state index contributed by atoms with van der Waals surface area (Å²) < 4.78 is 6.94. The molecule has 6 nitrogen and oxygen atoms in total. The third-order valence-electron chi connectivity index (χ3n) is 4.89. The summed E-state index contributed by atoms with van der Waals surface area (Å²) in [5, 5.41) is 3.78. The van der Waals surface area contributed by atoms with Gasteiger partial charge in [0.15, 0.2) is 0 Å². The molecule has 28 heavy (non-hydrogen) atoms. The van der Waals surface area contributed by atoms with Crippen molar-refractivity contribution in [1.29, 1.82) is 0 Å². The highest BCUT2D eigenvalue weighted by molar-refractivity contribution is 6.01. The standard InChI is InChI=1S/C22H21N3O3/c1-3-17(15-10-8-14(2)9-11-15)24-19(26)12-25-13-23-20-16-6-4-5-7-18(16)28-21(20)22(25)27/h4-11,13,17H,3,12H2,1-2H3,(H,24,26)/t17-/m1/s1. The minimum absolute atomic E-state index is 0.105. The summed E-state index contributed by atoms with van der Waals surface area (Å²) in [6, 6.07) is 15.3. The normalized spacial score (nSPS) is 12.4. The highest BCUT2D eigenvalue weighted by Crippen LogP contribution is 2.24. The molecular formula is C22H21N3O3. The Bertz CT molecular complexity index is 1210. The molecule has 0 aliphatic carbocycles. The molecule has 4 rings (SSSR count). The van der Waals surface area contributed by atoms with Gasteiger partial charge in [0.2, 0.25) is 11.5 Å². The number of amides is 1. The molecular weight excluding hydrogens is 354 g/mol. The number of aromatic nitrogens is 2. The Kier molecular flexibility index (Phi) is 4.69. The van der Waals surface area contributed by atoms with Crippen molar-refractivity contribution in [3.63, 3.8) is 0 Å². The van der Waals surface area contributed by atoms with Crippen LogP contribution in [0.1, 0.15) is 30.5 Å². The number of hydrogen-bond donors (Lipinski definition) is 1. The lowest BCUT2D eigenvalue weighted by atomic mass is 10.0. The molecule has 6 heteroatoms. The molecule has 0 saturated carbocycles. The van der Waals surface area contributed by atoms with Gasteiger partial charge in [0.1, 0.15) is 17.6 Å². The second-order valence-corrected chi connectivity index (χ2v) is 6.89. The summed E-state index contributed by atoms with van der Waals surface area (Å²) in [6.45, 7) is 3.93. The lowest BCUT2D eigenvalue weighted by Crippen LogP contribution is -2.34. The molecule has 0 saturated heterocycles. The van der Waals surface area contributed by atoms with Gasteiger partial charge in [-0.2, -0.15) is 0 Å². The average Bonchev–Trinajstić information content (AvgIpc) is 3.09. The van der Waals surface area contributed by atoms with Gasteiger partial charge in [0, 0.05) is 5.39 Å². The first-order valence-electron chi connectivity index (χ1n) is 9.29. The van der Waals surface area contributed by atoms with E-state index >= 15 is 0 Å². The van der Waals surface area contributed by atoms with E-state index in [1.807, 2.05) is 56.3 Å². The minimum Gasteiger partial charge on any atom is -0.448 e. The van der Waals surface area contributed by atoms with Crippen molar-refractivity contribution < 1.29 is 9.21 Å². The van der Waals surface area contributed by atoms with Crippen LogP contribution in [-0.4, -0.2) is 15.5 Å². The Morgan fingerprint density at radius 2 is 1.93 bits per heavy atom. The zero-order valence-corrected chi connectivity index (χ0v) is 15.8. The number of nitrogens with one attached hydrogen (secondary N) is 1. The molecule has 0 aliphatic rings. The number of rotatable bonds is 5. The van der Waals surface area contributed by atoms with Gasteiger partial charge in [0.25, 0.3) is 5.56 Å². The molecule has 2 aromatic carbocycles. The molecule has 142 valence electrons. The summed E-state index contributed by atoms with van der Waals surface area (Å²) in [5.41, 5.74) is 3.14. The number of hydrogen-bond acceptors (Lipinski definition) is 4. The smallest absolute Gasteiger partial charge is 0.297 e. The SMILES string of the molecule is CC[C@@H](NC(=O)Cn1cnc2c(oc3ccccc32)c1=O)c1ccc(C)cc1. The summed E-state index contributed by atoms with van der Waals surface area (Å²) in [6.07, 6.45) is 2.16. The zero-order valence-electron chi connectivity index (χ0n) is 15.8. The first-order chi connectivity index (χ1) is 13.6. The highest BCUT2D eigenvalue weighted by atomic mass is 16.3. The van der Waals surface area contributed by atoms with Crippen molar-refractivity contribution in [2.75, 3.05) is 0 Å². The number of furan rings is 1. The molecule has 0 unspecified atom stereocenters. The number of nitrogens with zero attached hydrogens (tertiary/aromatic N) is 2. The van der Waals surface area contributed by atoms with Crippen molar-refractivity contribution in [1.82, 2.24) is 14.9 Å². The Balaban J connectivity index is 1.58. The van der Waals surface area contributed by atoms with Gasteiger partial charge in [-0.05, 0) is 31.0 Å². The third-order valence-corrected chi connectivity index (χ3v) is 4.89. The van der Waals surface area contributed by atoms with Crippen molar-refractivity contribution in [2.45, 2.75) is 32.9 Å². The number of carbonyl (C=O) groups is 1. The van der Waals surface area contributed by atoms with Crippen LogP contribution in [0.15, 0.2) is 64.1 Å². The second kappa shape index (κ2) is 7.31. The largest absolute Gasteiger partial charge is 0.448 e. The van der Waals surface area contributed by atoms with Crippen LogP contribution in [0.2, 0.25) is 0 Å². The zero-order chi connectivity index (χ0) is 19.7. The fraction of sp³-hybridized carbons (Fsp3) is 0.227. The predicted molar refractivity (Wildman–Crippen MR) is 108 cm³/mol. The van der Waals surface area contributed by atoms with E-state index in [0.29, 0.717) is 11.1 Å². The van der Waals surface area contributed by atoms with E-state index in [1.165, 1.54) is 16.5 Å². The lowest BCUT2D eigenvalue weighted by Gasteiger charge is -2.18. The molecule has 4 aromatic rings. The number of para-hydroxylation sites is 1. The van der Waals surface area contributed by atoms with Crippen LogP contribution in [-0.2, 0) is 11.3 Å². The Morgan fingerprint density at radius 3 is 2.68 bits per heavy atom. The molecule has 2 aromatic heterocycles. The molecule has 0 radical (unpaired) electrons.